The molecule has 0 aromatic heterocycles. The molecule has 1 aliphatic rings. The van der Waals surface area contributed by atoms with Gasteiger partial charge in [-0.25, -0.2) is 0 Å². The van der Waals surface area contributed by atoms with Crippen LogP contribution in [-0.4, -0.2) is 71.7 Å². The fraction of sp³-hybridized carbons (Fsp3) is 0.915. The van der Waals surface area contributed by atoms with Gasteiger partial charge in [0.1, 0.15) is 6.10 Å². The molecule has 0 aliphatic carbocycles. The molecule has 0 atom stereocenters. The van der Waals surface area contributed by atoms with E-state index >= 15 is 0 Å². The summed E-state index contributed by atoms with van der Waals surface area (Å²) in [7, 11) is 1.42. The van der Waals surface area contributed by atoms with Crippen LogP contribution in [0.5, 0.6) is 0 Å². The molecule has 338 valence electrons. The van der Waals surface area contributed by atoms with Crippen molar-refractivity contribution in [1.29, 1.82) is 0 Å². The van der Waals surface area contributed by atoms with Gasteiger partial charge in [0.05, 0.1) is 36.6 Å². The van der Waals surface area contributed by atoms with E-state index < -0.39 is 16.5 Å². The lowest BCUT2D eigenvalue weighted by molar-refractivity contribution is -0.259. The first-order valence-corrected chi connectivity index (χ1v) is 22.5. The molecule has 0 aromatic rings. The summed E-state index contributed by atoms with van der Waals surface area (Å²) >= 11 is 0. The van der Waals surface area contributed by atoms with Gasteiger partial charge in [-0.15, -0.1) is 0 Å². The van der Waals surface area contributed by atoms with Gasteiger partial charge in [0.25, 0.3) is 0 Å². The maximum Gasteiger partial charge on any atom is 0.311 e. The van der Waals surface area contributed by atoms with E-state index in [0.717, 1.165) is 19.3 Å². The van der Waals surface area contributed by atoms with Gasteiger partial charge in [0.15, 0.2) is 0 Å². The van der Waals surface area contributed by atoms with Gasteiger partial charge >= 0.3 is 23.9 Å². The van der Waals surface area contributed by atoms with Gasteiger partial charge in [-0.3, -0.25) is 19.2 Å². The molecule has 0 aromatic carbocycles. The van der Waals surface area contributed by atoms with Gasteiger partial charge < -0.3 is 24.2 Å². The standard InChI is InChI=1S/C21H42O2.C19H35NO5.C7H14O2/c1-5-7-8-9-10-11-12-13-14-15-16-17-18-19-23-20(22)21(3,4)6-2;1-8-17(2,3)16(22)24-11-9-10-15(21)25-14-12-18(4,5)20(23)19(6,7)13-14;1-5-7(2,3)6(8)9-4/h5-19H2,1-4H3;14,23H,8-13H2,1-7H3;5H2,1-4H3. The van der Waals surface area contributed by atoms with Crippen molar-refractivity contribution in [2.75, 3.05) is 20.3 Å². The molecule has 1 aliphatic heterocycles. The van der Waals surface area contributed by atoms with Gasteiger partial charge in [0.2, 0.25) is 0 Å². The first-order chi connectivity index (χ1) is 26.4. The summed E-state index contributed by atoms with van der Waals surface area (Å²) in [6.45, 7) is 28.1. The predicted molar refractivity (Wildman–Crippen MR) is 232 cm³/mol. The van der Waals surface area contributed by atoms with Crippen LogP contribution in [0.15, 0.2) is 0 Å². The van der Waals surface area contributed by atoms with Gasteiger partial charge in [-0.1, -0.05) is 105 Å². The van der Waals surface area contributed by atoms with Crippen LogP contribution in [0.4, 0.5) is 0 Å². The Morgan fingerprint density at radius 1 is 0.561 bits per heavy atom. The highest BCUT2D eigenvalue weighted by molar-refractivity contribution is 5.76. The minimum Gasteiger partial charge on any atom is -0.469 e. The molecule has 0 spiro atoms. The lowest BCUT2D eigenvalue weighted by Crippen LogP contribution is -2.60. The highest BCUT2D eigenvalue weighted by Crippen LogP contribution is 2.38. The zero-order chi connectivity index (χ0) is 44.3. The second-order valence-electron chi connectivity index (χ2n) is 19.3. The first-order valence-electron chi connectivity index (χ1n) is 22.5. The van der Waals surface area contributed by atoms with Crippen LogP contribution in [-0.2, 0) is 38.1 Å². The third kappa shape index (κ3) is 25.1. The minimum absolute atomic E-state index is 0.0427. The van der Waals surface area contributed by atoms with Crippen LogP contribution >= 0.6 is 0 Å². The van der Waals surface area contributed by atoms with E-state index in [-0.39, 0.29) is 53.8 Å². The number of rotatable bonds is 25. The Morgan fingerprint density at radius 3 is 1.23 bits per heavy atom. The van der Waals surface area contributed by atoms with E-state index in [1.165, 1.54) is 89.2 Å². The van der Waals surface area contributed by atoms with E-state index in [0.29, 0.717) is 32.3 Å². The normalized spacial score (nSPS) is 15.6. The lowest BCUT2D eigenvalue weighted by atomic mass is 9.80. The number of unbranched alkanes of at least 4 members (excludes halogenated alkanes) is 12. The summed E-state index contributed by atoms with van der Waals surface area (Å²) in [5, 5.41) is 11.6. The Labute approximate surface area is 350 Å². The quantitative estimate of drug-likeness (QED) is 0.0540. The smallest absolute Gasteiger partial charge is 0.311 e. The highest BCUT2D eigenvalue weighted by Gasteiger charge is 2.46. The fourth-order valence-electron chi connectivity index (χ4n) is 6.27. The van der Waals surface area contributed by atoms with Crippen molar-refractivity contribution in [3.63, 3.8) is 0 Å². The monoisotopic (exact) mass is 814 g/mol. The number of piperidine rings is 1. The number of hydrogen-bond donors (Lipinski definition) is 1. The van der Waals surface area contributed by atoms with E-state index in [2.05, 4.69) is 11.7 Å². The Balaban J connectivity index is 0. The maximum atomic E-state index is 12.1. The summed E-state index contributed by atoms with van der Waals surface area (Å²) in [6.07, 6.45) is 21.5. The van der Waals surface area contributed by atoms with Crippen LogP contribution in [0.1, 0.15) is 225 Å². The van der Waals surface area contributed by atoms with Crippen molar-refractivity contribution in [3.05, 3.63) is 0 Å². The Morgan fingerprint density at radius 2 is 0.895 bits per heavy atom. The molecular formula is C47H91NO9. The van der Waals surface area contributed by atoms with E-state index in [1.54, 1.807) is 0 Å². The van der Waals surface area contributed by atoms with Crippen molar-refractivity contribution in [1.82, 2.24) is 5.06 Å². The highest BCUT2D eigenvalue weighted by atomic mass is 16.6. The van der Waals surface area contributed by atoms with Crippen LogP contribution in [0.2, 0.25) is 0 Å². The summed E-state index contributed by atoms with van der Waals surface area (Å²) in [5.74, 6) is -0.695. The Bertz CT molecular complexity index is 1090. The number of nitrogens with zero attached hydrogens (tertiary/aromatic N) is 1. The molecule has 1 heterocycles. The third-order valence-electron chi connectivity index (χ3n) is 11.6. The van der Waals surface area contributed by atoms with E-state index in [1.807, 2.05) is 90.0 Å². The van der Waals surface area contributed by atoms with E-state index in [4.69, 9.17) is 14.2 Å². The molecule has 10 nitrogen and oxygen atoms in total. The van der Waals surface area contributed by atoms with Gasteiger partial charge in [-0.2, -0.15) is 5.06 Å². The molecule has 1 rings (SSSR count). The lowest BCUT2D eigenvalue weighted by Gasteiger charge is -2.50. The van der Waals surface area contributed by atoms with Gasteiger partial charge in [0, 0.05) is 30.3 Å². The number of hydrogen-bond acceptors (Lipinski definition) is 10. The molecular weight excluding hydrogens is 723 g/mol. The number of hydroxylamine groups is 2. The molecule has 57 heavy (non-hydrogen) atoms. The molecule has 10 heteroatoms. The van der Waals surface area contributed by atoms with Crippen molar-refractivity contribution in [2.24, 2.45) is 16.2 Å². The number of carbonyl (C=O) groups is 4. The molecule has 0 amide bonds. The first kappa shape index (κ1) is 56.9. The van der Waals surface area contributed by atoms with Crippen molar-refractivity contribution in [3.8, 4) is 0 Å². The number of methoxy groups -OCH3 is 1. The van der Waals surface area contributed by atoms with Gasteiger partial charge in [-0.05, 0) is 101 Å². The van der Waals surface area contributed by atoms with E-state index in [9.17, 15) is 24.4 Å². The molecule has 0 bridgehead atoms. The predicted octanol–water partition coefficient (Wildman–Crippen LogP) is 12.4. The topological polar surface area (TPSA) is 129 Å². The fourth-order valence-corrected chi connectivity index (χ4v) is 6.27. The number of ether oxygens (including phenoxy) is 4. The van der Waals surface area contributed by atoms with Crippen LogP contribution in [0, 0.1) is 16.2 Å². The second-order valence-corrected chi connectivity index (χ2v) is 19.3. The zero-order valence-electron chi connectivity index (χ0n) is 39.8. The number of carbonyl (C=O) groups excluding carboxylic acids is 4. The minimum atomic E-state index is -0.490. The largest absolute Gasteiger partial charge is 0.469 e. The molecule has 0 saturated carbocycles. The summed E-state index contributed by atoms with van der Waals surface area (Å²) in [4.78, 5) is 46.6. The molecule has 0 unspecified atom stereocenters. The number of esters is 4. The SMILES string of the molecule is CCC(C)(C)C(=O)OC.CCC(C)(C)C(=O)OCCCC(=O)OC1CC(C)(C)N(O)C(C)(C)C1.CCCCCCCCCCCCCCCOC(=O)C(C)(C)CC. The van der Waals surface area contributed by atoms with Crippen LogP contribution in [0.3, 0.4) is 0 Å². The summed E-state index contributed by atoms with van der Waals surface area (Å²) < 4.78 is 20.7. The molecule has 0 radical (unpaired) electrons. The van der Waals surface area contributed by atoms with Crippen molar-refractivity contribution < 1.29 is 43.3 Å². The summed E-state index contributed by atoms with van der Waals surface area (Å²) in [6, 6.07) is 0. The van der Waals surface area contributed by atoms with Crippen molar-refractivity contribution in [2.45, 2.75) is 243 Å². The Kier molecular flexibility index (Phi) is 29.0. The summed E-state index contributed by atoms with van der Waals surface area (Å²) in [5.41, 5.74) is -2.02. The maximum absolute atomic E-state index is 12.1. The van der Waals surface area contributed by atoms with Crippen molar-refractivity contribution >= 4 is 23.9 Å². The molecule has 1 saturated heterocycles. The average Bonchev–Trinajstić information content (AvgIpc) is 3.15. The molecule has 1 N–H and O–H groups in total. The zero-order valence-corrected chi connectivity index (χ0v) is 39.8. The van der Waals surface area contributed by atoms with Crippen LogP contribution in [0.25, 0.3) is 0 Å². The molecule has 1 fully saturated rings. The average molecular weight is 814 g/mol. The van der Waals surface area contributed by atoms with Crippen LogP contribution < -0.4 is 0 Å². The second kappa shape index (κ2) is 29.1. The third-order valence-corrected chi connectivity index (χ3v) is 11.6. The Hall–Kier alpha value is -2.20.